The maximum atomic E-state index is 12.2. The summed E-state index contributed by atoms with van der Waals surface area (Å²) in [6.07, 6.45) is 0. The second-order valence-corrected chi connectivity index (χ2v) is 7.65. The molecule has 144 valence electrons. The number of fused-ring (bicyclic) bond motifs is 1. The molecule has 1 atom stereocenters. The minimum atomic E-state index is -0.872. The summed E-state index contributed by atoms with van der Waals surface area (Å²) in [6.45, 7) is 0. The van der Waals surface area contributed by atoms with Crippen molar-refractivity contribution in [3.05, 3.63) is 93.4 Å². The van der Waals surface area contributed by atoms with Crippen molar-refractivity contribution in [2.75, 3.05) is 5.73 Å². The van der Waals surface area contributed by atoms with E-state index in [1.54, 1.807) is 23.5 Å². The topological polar surface area (TPSA) is 112 Å². The number of rotatable bonds is 5. The van der Waals surface area contributed by atoms with Crippen LogP contribution in [0.4, 0.5) is 11.4 Å². The fourth-order valence-electron chi connectivity index (χ4n) is 3.44. The molecule has 3 aromatic carbocycles. The zero-order chi connectivity index (χ0) is 20.5. The van der Waals surface area contributed by atoms with Gasteiger partial charge in [-0.15, -0.1) is 11.3 Å². The van der Waals surface area contributed by atoms with E-state index < -0.39 is 16.7 Å². The molecule has 6 nitrogen and oxygen atoms in total. The molecule has 0 aliphatic carbocycles. The third kappa shape index (κ3) is 3.55. The summed E-state index contributed by atoms with van der Waals surface area (Å²) in [5, 5.41) is 14.3. The number of amides is 1. The first-order chi connectivity index (χ1) is 13.9. The van der Waals surface area contributed by atoms with Gasteiger partial charge in [-0.2, -0.15) is 0 Å². The molecule has 0 fully saturated rings. The molecule has 4 N–H and O–H groups in total. The van der Waals surface area contributed by atoms with Crippen LogP contribution >= 0.6 is 11.3 Å². The van der Waals surface area contributed by atoms with Crippen molar-refractivity contribution in [2.45, 2.75) is 5.92 Å². The van der Waals surface area contributed by atoms with Crippen LogP contribution in [0.5, 0.6) is 0 Å². The Morgan fingerprint density at radius 2 is 1.69 bits per heavy atom. The van der Waals surface area contributed by atoms with Gasteiger partial charge in [0.05, 0.1) is 10.8 Å². The predicted molar refractivity (Wildman–Crippen MR) is 116 cm³/mol. The summed E-state index contributed by atoms with van der Waals surface area (Å²) in [6, 6.07) is 19.8. The molecule has 0 spiro atoms. The smallest absolute Gasteiger partial charge is 0.269 e. The highest BCUT2D eigenvalue weighted by Gasteiger charge is 2.24. The first kappa shape index (κ1) is 18.6. The molecular weight excluding hydrogens is 386 g/mol. The van der Waals surface area contributed by atoms with Crippen LogP contribution in [0, 0.1) is 10.1 Å². The number of anilines is 1. The number of nitro benzene ring substituents is 1. The zero-order valence-corrected chi connectivity index (χ0v) is 16.1. The van der Waals surface area contributed by atoms with Crippen molar-refractivity contribution < 1.29 is 9.72 Å². The molecule has 7 heteroatoms. The Kier molecular flexibility index (Phi) is 4.74. The number of non-ortho nitro benzene ring substituents is 1. The quantitative estimate of drug-likeness (QED) is 0.286. The van der Waals surface area contributed by atoms with Crippen LogP contribution in [-0.4, -0.2) is 10.8 Å². The molecule has 0 saturated heterocycles. The Hall–Kier alpha value is -3.71. The van der Waals surface area contributed by atoms with E-state index in [0.717, 1.165) is 11.1 Å². The lowest BCUT2D eigenvalue weighted by molar-refractivity contribution is -0.384. The van der Waals surface area contributed by atoms with E-state index >= 15 is 0 Å². The van der Waals surface area contributed by atoms with E-state index in [-0.39, 0.29) is 11.4 Å². The van der Waals surface area contributed by atoms with Crippen molar-refractivity contribution >= 4 is 38.7 Å². The number of nitrogens with zero attached hydrogens (tertiary/aromatic N) is 1. The molecule has 0 saturated carbocycles. The van der Waals surface area contributed by atoms with Crippen LogP contribution in [-0.2, 0) is 4.79 Å². The Morgan fingerprint density at radius 3 is 2.38 bits per heavy atom. The molecule has 4 aromatic rings. The van der Waals surface area contributed by atoms with Crippen molar-refractivity contribution in [1.82, 2.24) is 0 Å². The monoisotopic (exact) mass is 403 g/mol. The number of thiophene rings is 1. The lowest BCUT2D eigenvalue weighted by Crippen LogP contribution is -2.23. The van der Waals surface area contributed by atoms with Gasteiger partial charge in [0.25, 0.3) is 5.69 Å². The standard InChI is InChI=1S/C22H17N3O3S/c23-19-7-6-17(25(27)28)12-18(19)21(22(24)26)14-3-1-13(2-4-14)15-5-8-20-16(11-15)9-10-29-20/h1-12,21H,23H2,(H2,24,26). The van der Waals surface area contributed by atoms with Crippen LogP contribution in [0.25, 0.3) is 21.2 Å². The number of hydrogen-bond acceptors (Lipinski definition) is 5. The molecule has 0 aliphatic heterocycles. The average molecular weight is 403 g/mol. The lowest BCUT2D eigenvalue weighted by Gasteiger charge is -2.17. The third-order valence-corrected chi connectivity index (χ3v) is 5.80. The number of nitrogens with two attached hydrogens (primary N) is 2. The van der Waals surface area contributed by atoms with Gasteiger partial charge in [0.1, 0.15) is 0 Å². The predicted octanol–water partition coefficient (Wildman–Crippen LogP) is 4.68. The number of primary amides is 1. The fourth-order valence-corrected chi connectivity index (χ4v) is 4.21. The van der Waals surface area contributed by atoms with E-state index in [2.05, 4.69) is 29.6 Å². The van der Waals surface area contributed by atoms with Gasteiger partial charge in [0.2, 0.25) is 5.91 Å². The highest BCUT2D eigenvalue weighted by molar-refractivity contribution is 7.17. The number of carbonyl (C=O) groups is 1. The maximum absolute atomic E-state index is 12.2. The minimum Gasteiger partial charge on any atom is -0.398 e. The van der Waals surface area contributed by atoms with E-state index in [4.69, 9.17) is 11.5 Å². The summed E-state index contributed by atoms with van der Waals surface area (Å²) in [7, 11) is 0. The number of nitrogen functional groups attached to an aromatic ring is 1. The van der Waals surface area contributed by atoms with E-state index in [0.29, 0.717) is 11.1 Å². The molecule has 4 rings (SSSR count). The van der Waals surface area contributed by atoms with Crippen molar-refractivity contribution in [2.24, 2.45) is 5.73 Å². The van der Waals surface area contributed by atoms with Crippen molar-refractivity contribution in [3.8, 4) is 11.1 Å². The molecule has 0 aliphatic rings. The summed E-state index contributed by atoms with van der Waals surface area (Å²) in [4.78, 5) is 22.8. The second-order valence-electron chi connectivity index (χ2n) is 6.70. The van der Waals surface area contributed by atoms with Gasteiger partial charge in [-0.3, -0.25) is 14.9 Å². The highest BCUT2D eigenvalue weighted by Crippen LogP contribution is 2.33. The van der Waals surface area contributed by atoms with Gasteiger partial charge in [0.15, 0.2) is 0 Å². The van der Waals surface area contributed by atoms with E-state index in [1.165, 1.54) is 28.3 Å². The zero-order valence-electron chi connectivity index (χ0n) is 15.2. The number of carbonyl (C=O) groups excluding carboxylic acids is 1. The summed E-state index contributed by atoms with van der Waals surface area (Å²) in [5.41, 5.74) is 14.8. The van der Waals surface area contributed by atoms with Crippen LogP contribution in [0.1, 0.15) is 17.0 Å². The molecule has 1 amide bonds. The fraction of sp³-hybridized carbons (Fsp3) is 0.0455. The Balaban J connectivity index is 1.73. The van der Waals surface area contributed by atoms with Crippen LogP contribution in [0.3, 0.4) is 0 Å². The van der Waals surface area contributed by atoms with Gasteiger partial charge >= 0.3 is 0 Å². The number of benzene rings is 3. The molecule has 0 bridgehead atoms. The van der Waals surface area contributed by atoms with Gasteiger partial charge in [0, 0.05) is 22.5 Å². The second kappa shape index (κ2) is 7.37. The largest absolute Gasteiger partial charge is 0.398 e. The molecule has 0 radical (unpaired) electrons. The highest BCUT2D eigenvalue weighted by atomic mass is 32.1. The minimum absolute atomic E-state index is 0.138. The van der Waals surface area contributed by atoms with Crippen LogP contribution < -0.4 is 11.5 Å². The summed E-state index contributed by atoms with van der Waals surface area (Å²) < 4.78 is 1.22. The molecule has 29 heavy (non-hydrogen) atoms. The first-order valence-corrected chi connectivity index (χ1v) is 9.73. The SMILES string of the molecule is NC(=O)C(c1ccc(-c2ccc3sccc3c2)cc1)c1cc([N+](=O)[O-])ccc1N. The van der Waals surface area contributed by atoms with Gasteiger partial charge < -0.3 is 11.5 Å². The summed E-state index contributed by atoms with van der Waals surface area (Å²) in [5.74, 6) is -1.49. The van der Waals surface area contributed by atoms with Gasteiger partial charge in [-0.05, 0) is 57.3 Å². The molecule has 1 unspecified atom stereocenters. The Labute approximate surface area is 170 Å². The summed E-state index contributed by atoms with van der Waals surface area (Å²) >= 11 is 1.69. The molecule has 1 heterocycles. The van der Waals surface area contributed by atoms with E-state index in [9.17, 15) is 14.9 Å². The van der Waals surface area contributed by atoms with Crippen LogP contribution in [0.15, 0.2) is 72.1 Å². The average Bonchev–Trinajstić information content (AvgIpc) is 3.17. The van der Waals surface area contributed by atoms with Crippen molar-refractivity contribution in [1.29, 1.82) is 0 Å². The van der Waals surface area contributed by atoms with Gasteiger partial charge in [-0.25, -0.2) is 0 Å². The maximum Gasteiger partial charge on any atom is 0.269 e. The number of hydrogen-bond donors (Lipinski definition) is 2. The lowest BCUT2D eigenvalue weighted by atomic mass is 9.88. The van der Waals surface area contributed by atoms with Crippen molar-refractivity contribution in [3.63, 3.8) is 0 Å². The normalized spacial score (nSPS) is 12.0. The van der Waals surface area contributed by atoms with E-state index in [1.807, 2.05) is 12.1 Å². The molecule has 1 aromatic heterocycles. The third-order valence-electron chi connectivity index (χ3n) is 4.91. The Morgan fingerprint density at radius 1 is 0.966 bits per heavy atom. The Bertz CT molecular complexity index is 1230. The van der Waals surface area contributed by atoms with Gasteiger partial charge in [-0.1, -0.05) is 30.3 Å². The molecular formula is C22H17N3O3S. The first-order valence-electron chi connectivity index (χ1n) is 8.85. The van der Waals surface area contributed by atoms with Crippen LogP contribution in [0.2, 0.25) is 0 Å². The number of nitro groups is 1.